The third-order valence-electron chi connectivity index (χ3n) is 4.73. The monoisotopic (exact) mass is 424 g/mol. The lowest BCUT2D eigenvalue weighted by Crippen LogP contribution is -2.37. The third kappa shape index (κ3) is 4.31. The summed E-state index contributed by atoms with van der Waals surface area (Å²) in [6.45, 7) is 2.17. The van der Waals surface area contributed by atoms with Gasteiger partial charge >= 0.3 is 0 Å². The van der Waals surface area contributed by atoms with Crippen molar-refractivity contribution in [3.05, 3.63) is 53.6 Å². The van der Waals surface area contributed by atoms with Gasteiger partial charge < -0.3 is 4.74 Å². The Bertz CT molecular complexity index is 1070. The molecule has 0 radical (unpaired) electrons. The number of hydrogen-bond donors (Lipinski definition) is 1. The molecule has 0 bridgehead atoms. The van der Waals surface area contributed by atoms with Gasteiger partial charge in [-0.3, -0.25) is 4.31 Å². The molecule has 0 aromatic heterocycles. The molecule has 0 amide bonds. The smallest absolute Gasteiger partial charge is 0.241 e. The van der Waals surface area contributed by atoms with Crippen molar-refractivity contribution in [3.63, 3.8) is 0 Å². The Balaban J connectivity index is 1.83. The highest BCUT2D eigenvalue weighted by atomic mass is 32.2. The topological polar surface area (TPSA) is 92.8 Å². The molecule has 7 nitrogen and oxygen atoms in total. The molecule has 1 aliphatic rings. The van der Waals surface area contributed by atoms with Crippen molar-refractivity contribution in [2.24, 2.45) is 0 Å². The molecule has 1 fully saturated rings. The molecule has 0 atom stereocenters. The van der Waals surface area contributed by atoms with E-state index in [1.54, 1.807) is 31.2 Å². The van der Waals surface area contributed by atoms with E-state index in [4.69, 9.17) is 4.74 Å². The summed E-state index contributed by atoms with van der Waals surface area (Å²) in [5.41, 5.74) is 1.72. The minimum absolute atomic E-state index is 0.0913. The molecule has 3 rings (SSSR count). The van der Waals surface area contributed by atoms with Crippen molar-refractivity contribution in [1.82, 2.24) is 4.72 Å². The Labute approximate surface area is 166 Å². The van der Waals surface area contributed by atoms with Crippen LogP contribution in [-0.4, -0.2) is 36.2 Å². The van der Waals surface area contributed by atoms with Crippen LogP contribution < -0.4 is 13.8 Å². The Hall–Kier alpha value is -2.10. The van der Waals surface area contributed by atoms with Crippen LogP contribution in [0.2, 0.25) is 0 Å². The number of nitrogens with one attached hydrogen (secondary N) is 1. The normalized spacial score (nSPS) is 16.7. The molecule has 1 aliphatic heterocycles. The number of hydrogen-bond acceptors (Lipinski definition) is 5. The van der Waals surface area contributed by atoms with E-state index in [1.807, 2.05) is 12.1 Å². The van der Waals surface area contributed by atoms with Crippen molar-refractivity contribution >= 4 is 25.7 Å². The van der Waals surface area contributed by atoms with Crippen LogP contribution in [0.1, 0.15) is 24.0 Å². The second-order valence-corrected chi connectivity index (χ2v) is 10.4. The first kappa shape index (κ1) is 20.6. The zero-order chi connectivity index (χ0) is 20.4. The second-order valence-electron chi connectivity index (χ2n) is 6.68. The first-order valence-corrected chi connectivity index (χ1v) is 12.1. The first-order valence-electron chi connectivity index (χ1n) is 8.97. The van der Waals surface area contributed by atoms with Crippen LogP contribution in [0.3, 0.4) is 0 Å². The summed E-state index contributed by atoms with van der Waals surface area (Å²) in [6.07, 6.45) is 1.44. The molecule has 0 saturated carbocycles. The Morgan fingerprint density at radius 3 is 2.57 bits per heavy atom. The molecule has 2 aromatic carbocycles. The maximum absolute atomic E-state index is 12.8. The molecule has 9 heteroatoms. The standard InChI is InChI=1S/C19H24N2O5S2/c1-15-13-17(21-11-5-6-12-27(21,22)23)9-10-19(15)28(24,25)20-14-16-7-3-4-8-18(16)26-2/h3-4,7-10,13,20H,5-6,11-12,14H2,1-2H3. The predicted molar refractivity (Wildman–Crippen MR) is 109 cm³/mol. The molecule has 28 heavy (non-hydrogen) atoms. The van der Waals surface area contributed by atoms with E-state index in [0.29, 0.717) is 30.0 Å². The van der Waals surface area contributed by atoms with Crippen LogP contribution in [0.15, 0.2) is 47.4 Å². The number of sulfonamides is 2. The number of methoxy groups -OCH3 is 1. The lowest BCUT2D eigenvalue weighted by molar-refractivity contribution is 0.409. The van der Waals surface area contributed by atoms with E-state index in [1.165, 1.54) is 17.5 Å². The van der Waals surface area contributed by atoms with Gasteiger partial charge in [-0.1, -0.05) is 18.2 Å². The fraction of sp³-hybridized carbons (Fsp3) is 0.368. The summed E-state index contributed by atoms with van der Waals surface area (Å²) in [6, 6.07) is 11.8. The third-order valence-corrected chi connectivity index (χ3v) is 8.16. The maximum atomic E-state index is 12.8. The van der Waals surface area contributed by atoms with E-state index < -0.39 is 20.0 Å². The number of para-hydroxylation sites is 1. The number of ether oxygens (including phenoxy) is 1. The van der Waals surface area contributed by atoms with Gasteiger partial charge in [0.05, 0.1) is 23.4 Å². The molecular weight excluding hydrogens is 400 g/mol. The molecule has 0 aliphatic carbocycles. The van der Waals surface area contributed by atoms with Crippen molar-refractivity contribution in [3.8, 4) is 5.75 Å². The Morgan fingerprint density at radius 2 is 1.89 bits per heavy atom. The van der Waals surface area contributed by atoms with Crippen LogP contribution in [0.4, 0.5) is 5.69 Å². The minimum atomic E-state index is -3.76. The number of rotatable bonds is 6. The number of aryl methyl sites for hydroxylation is 1. The summed E-state index contributed by atoms with van der Waals surface area (Å²) in [5.74, 6) is 0.722. The van der Waals surface area contributed by atoms with Crippen LogP contribution in [0.25, 0.3) is 0 Å². The lowest BCUT2D eigenvalue weighted by atomic mass is 10.2. The number of benzene rings is 2. The van der Waals surface area contributed by atoms with Crippen LogP contribution in [-0.2, 0) is 26.6 Å². The largest absolute Gasteiger partial charge is 0.496 e. The van der Waals surface area contributed by atoms with Crippen molar-refractivity contribution in [2.75, 3.05) is 23.7 Å². The molecule has 0 unspecified atom stereocenters. The van der Waals surface area contributed by atoms with E-state index >= 15 is 0 Å². The van der Waals surface area contributed by atoms with Gasteiger partial charge in [-0.05, 0) is 49.6 Å². The zero-order valence-corrected chi connectivity index (χ0v) is 17.5. The van der Waals surface area contributed by atoms with Gasteiger partial charge in [0.1, 0.15) is 5.75 Å². The second kappa shape index (κ2) is 8.10. The summed E-state index contributed by atoms with van der Waals surface area (Å²) < 4.78 is 59.3. The molecular formula is C19H24N2O5S2. The highest BCUT2D eigenvalue weighted by Gasteiger charge is 2.27. The molecule has 2 aromatic rings. The van der Waals surface area contributed by atoms with E-state index in [2.05, 4.69) is 4.72 Å². The van der Waals surface area contributed by atoms with Gasteiger partial charge in [-0.25, -0.2) is 21.6 Å². The number of anilines is 1. The molecule has 1 saturated heterocycles. The molecule has 1 heterocycles. The van der Waals surface area contributed by atoms with Gasteiger partial charge in [-0.15, -0.1) is 0 Å². The van der Waals surface area contributed by atoms with Crippen molar-refractivity contribution in [2.45, 2.75) is 31.2 Å². The highest BCUT2D eigenvalue weighted by molar-refractivity contribution is 7.92. The molecule has 1 N–H and O–H groups in total. The fourth-order valence-electron chi connectivity index (χ4n) is 3.27. The Kier molecular flexibility index (Phi) is 5.97. The predicted octanol–water partition coefficient (Wildman–Crippen LogP) is 2.41. The van der Waals surface area contributed by atoms with Gasteiger partial charge in [0, 0.05) is 18.7 Å². The van der Waals surface area contributed by atoms with E-state index in [-0.39, 0.29) is 17.2 Å². The summed E-state index contributed by atoms with van der Waals surface area (Å²) in [5, 5.41) is 0. The zero-order valence-electron chi connectivity index (χ0n) is 15.9. The lowest BCUT2D eigenvalue weighted by Gasteiger charge is -2.28. The van der Waals surface area contributed by atoms with E-state index in [9.17, 15) is 16.8 Å². The molecule has 0 spiro atoms. The summed E-state index contributed by atoms with van der Waals surface area (Å²) in [7, 11) is -5.57. The van der Waals surface area contributed by atoms with Crippen molar-refractivity contribution in [1.29, 1.82) is 0 Å². The summed E-state index contributed by atoms with van der Waals surface area (Å²) in [4.78, 5) is 0.126. The van der Waals surface area contributed by atoms with E-state index in [0.717, 1.165) is 12.0 Å². The summed E-state index contributed by atoms with van der Waals surface area (Å²) >= 11 is 0. The first-order chi connectivity index (χ1) is 13.2. The molecule has 152 valence electrons. The quantitative estimate of drug-likeness (QED) is 0.769. The Morgan fingerprint density at radius 1 is 1.14 bits per heavy atom. The van der Waals surface area contributed by atoms with Crippen molar-refractivity contribution < 1.29 is 21.6 Å². The highest BCUT2D eigenvalue weighted by Crippen LogP contribution is 2.27. The van der Waals surface area contributed by atoms with Crippen LogP contribution in [0, 0.1) is 6.92 Å². The van der Waals surface area contributed by atoms with Gasteiger partial charge in [0.15, 0.2) is 0 Å². The van der Waals surface area contributed by atoms with Crippen LogP contribution in [0.5, 0.6) is 5.75 Å². The number of nitrogens with zero attached hydrogens (tertiary/aromatic N) is 1. The van der Waals surface area contributed by atoms with Gasteiger partial charge in [-0.2, -0.15) is 0 Å². The average Bonchev–Trinajstić information content (AvgIpc) is 2.66. The SMILES string of the molecule is COc1ccccc1CNS(=O)(=O)c1ccc(N2CCCCS2(=O)=O)cc1C. The van der Waals surface area contributed by atoms with Gasteiger partial charge in [0.25, 0.3) is 0 Å². The minimum Gasteiger partial charge on any atom is -0.496 e. The van der Waals surface area contributed by atoms with Gasteiger partial charge in [0.2, 0.25) is 20.0 Å². The van der Waals surface area contributed by atoms with Crippen LogP contribution >= 0.6 is 0 Å². The average molecular weight is 425 g/mol. The maximum Gasteiger partial charge on any atom is 0.241 e. The fourth-order valence-corrected chi connectivity index (χ4v) is 6.13.